The van der Waals surface area contributed by atoms with Crippen LogP contribution in [0.25, 0.3) is 22.5 Å². The predicted octanol–water partition coefficient (Wildman–Crippen LogP) is 6.83. The van der Waals surface area contributed by atoms with Crippen LogP contribution in [-0.2, 0) is 4.79 Å². The summed E-state index contributed by atoms with van der Waals surface area (Å²) in [4.78, 5) is 21.2. The maximum absolute atomic E-state index is 13.0. The SMILES string of the molecule is COc1cc(Cl)c(C)cc1NC(=O)C(C)Sc1nc(-c2ccccc2)c(-c2ccccc2)[nH]1. The van der Waals surface area contributed by atoms with Crippen molar-refractivity contribution in [1.29, 1.82) is 0 Å². The number of anilines is 1. The van der Waals surface area contributed by atoms with E-state index in [1.165, 1.54) is 11.8 Å². The number of thioether (sulfide) groups is 1. The zero-order valence-electron chi connectivity index (χ0n) is 18.6. The third kappa shape index (κ3) is 5.24. The van der Waals surface area contributed by atoms with Gasteiger partial charge in [-0.15, -0.1) is 0 Å². The molecule has 2 N–H and O–H groups in total. The molecule has 0 spiro atoms. The molecule has 0 fully saturated rings. The summed E-state index contributed by atoms with van der Waals surface area (Å²) in [5, 5.41) is 3.81. The number of methoxy groups -OCH3 is 1. The van der Waals surface area contributed by atoms with Crippen LogP contribution in [0.15, 0.2) is 78.0 Å². The molecule has 4 rings (SSSR count). The number of hydrogen-bond donors (Lipinski definition) is 2. The second-order valence-corrected chi connectivity index (χ2v) is 9.29. The Balaban J connectivity index is 1.58. The first kappa shape index (κ1) is 23.0. The van der Waals surface area contributed by atoms with E-state index in [0.29, 0.717) is 21.6 Å². The van der Waals surface area contributed by atoms with E-state index >= 15 is 0 Å². The van der Waals surface area contributed by atoms with Crippen molar-refractivity contribution >= 4 is 35.0 Å². The van der Waals surface area contributed by atoms with Crippen LogP contribution in [0.2, 0.25) is 5.02 Å². The van der Waals surface area contributed by atoms with E-state index in [1.807, 2.05) is 80.6 Å². The van der Waals surface area contributed by atoms with Gasteiger partial charge in [0.1, 0.15) is 5.75 Å². The number of nitrogens with zero attached hydrogens (tertiary/aromatic N) is 1. The number of amides is 1. The van der Waals surface area contributed by atoms with Crippen molar-refractivity contribution in [2.24, 2.45) is 0 Å². The minimum atomic E-state index is -0.399. The van der Waals surface area contributed by atoms with E-state index in [-0.39, 0.29) is 5.91 Å². The normalized spacial score (nSPS) is 11.8. The quantitative estimate of drug-likeness (QED) is 0.286. The molecule has 0 aliphatic carbocycles. The van der Waals surface area contributed by atoms with Crippen LogP contribution < -0.4 is 10.1 Å². The molecule has 7 heteroatoms. The maximum atomic E-state index is 13.0. The van der Waals surface area contributed by atoms with Gasteiger partial charge in [0.15, 0.2) is 5.16 Å². The number of hydrogen-bond acceptors (Lipinski definition) is 4. The van der Waals surface area contributed by atoms with Gasteiger partial charge in [0.2, 0.25) is 5.91 Å². The van der Waals surface area contributed by atoms with Gasteiger partial charge in [0.25, 0.3) is 0 Å². The number of imidazole rings is 1. The molecule has 4 aromatic rings. The van der Waals surface area contributed by atoms with Crippen LogP contribution in [0, 0.1) is 6.92 Å². The minimum Gasteiger partial charge on any atom is -0.495 e. The van der Waals surface area contributed by atoms with Crippen LogP contribution in [0.5, 0.6) is 5.75 Å². The Kier molecular flexibility index (Phi) is 7.06. The first-order valence-electron chi connectivity index (χ1n) is 10.5. The average molecular weight is 478 g/mol. The molecule has 1 aromatic heterocycles. The average Bonchev–Trinajstić information content (AvgIpc) is 3.26. The molecule has 0 saturated carbocycles. The van der Waals surface area contributed by atoms with Gasteiger partial charge in [-0.25, -0.2) is 4.98 Å². The van der Waals surface area contributed by atoms with Gasteiger partial charge in [0, 0.05) is 22.2 Å². The number of H-pyrrole nitrogens is 1. The lowest BCUT2D eigenvalue weighted by Crippen LogP contribution is -2.23. The first-order valence-corrected chi connectivity index (χ1v) is 11.7. The summed E-state index contributed by atoms with van der Waals surface area (Å²) in [6, 6.07) is 23.6. The van der Waals surface area contributed by atoms with Gasteiger partial charge in [-0.2, -0.15) is 0 Å². The molecule has 1 atom stereocenters. The Morgan fingerprint density at radius 1 is 1.06 bits per heavy atom. The highest BCUT2D eigenvalue weighted by Gasteiger charge is 2.21. The highest BCUT2D eigenvalue weighted by molar-refractivity contribution is 8.00. The van der Waals surface area contributed by atoms with Gasteiger partial charge in [0.05, 0.1) is 29.4 Å². The van der Waals surface area contributed by atoms with Crippen molar-refractivity contribution in [3.05, 3.63) is 83.4 Å². The van der Waals surface area contributed by atoms with Gasteiger partial charge in [-0.05, 0) is 25.5 Å². The van der Waals surface area contributed by atoms with E-state index < -0.39 is 5.25 Å². The second-order valence-electron chi connectivity index (χ2n) is 7.55. The van der Waals surface area contributed by atoms with Crippen molar-refractivity contribution in [2.45, 2.75) is 24.3 Å². The number of nitrogens with one attached hydrogen (secondary N) is 2. The lowest BCUT2D eigenvalue weighted by molar-refractivity contribution is -0.115. The molecule has 0 radical (unpaired) electrons. The number of benzene rings is 3. The zero-order valence-corrected chi connectivity index (χ0v) is 20.1. The molecule has 1 heterocycles. The smallest absolute Gasteiger partial charge is 0.237 e. The fourth-order valence-corrected chi connectivity index (χ4v) is 4.37. The third-order valence-corrected chi connectivity index (χ3v) is 6.58. The van der Waals surface area contributed by atoms with Crippen molar-refractivity contribution in [3.63, 3.8) is 0 Å². The monoisotopic (exact) mass is 477 g/mol. The van der Waals surface area contributed by atoms with E-state index in [1.54, 1.807) is 13.2 Å². The van der Waals surface area contributed by atoms with E-state index in [2.05, 4.69) is 10.3 Å². The van der Waals surface area contributed by atoms with Gasteiger partial charge in [-0.3, -0.25) is 4.79 Å². The van der Waals surface area contributed by atoms with Crippen LogP contribution in [0.1, 0.15) is 12.5 Å². The number of carbonyl (C=O) groups is 1. The van der Waals surface area contributed by atoms with Crippen LogP contribution in [0.4, 0.5) is 5.69 Å². The highest BCUT2D eigenvalue weighted by Crippen LogP contribution is 2.35. The van der Waals surface area contributed by atoms with Crippen LogP contribution >= 0.6 is 23.4 Å². The van der Waals surface area contributed by atoms with Crippen molar-refractivity contribution in [2.75, 3.05) is 12.4 Å². The first-order chi connectivity index (χ1) is 16.0. The topological polar surface area (TPSA) is 67.0 Å². The Morgan fingerprint density at radius 2 is 1.70 bits per heavy atom. The highest BCUT2D eigenvalue weighted by atomic mass is 35.5. The molecule has 3 aromatic carbocycles. The molecule has 1 amide bonds. The maximum Gasteiger partial charge on any atom is 0.237 e. The number of halogens is 1. The zero-order chi connectivity index (χ0) is 23.4. The summed E-state index contributed by atoms with van der Waals surface area (Å²) < 4.78 is 5.37. The summed E-state index contributed by atoms with van der Waals surface area (Å²) >= 11 is 7.55. The minimum absolute atomic E-state index is 0.154. The predicted molar refractivity (Wildman–Crippen MR) is 136 cm³/mol. The van der Waals surface area contributed by atoms with Crippen LogP contribution in [-0.4, -0.2) is 28.2 Å². The van der Waals surface area contributed by atoms with Crippen molar-refractivity contribution < 1.29 is 9.53 Å². The Morgan fingerprint density at radius 3 is 2.33 bits per heavy atom. The van der Waals surface area contributed by atoms with Crippen molar-refractivity contribution in [3.8, 4) is 28.3 Å². The molecular weight excluding hydrogens is 454 g/mol. The number of carbonyl (C=O) groups excluding carboxylic acids is 1. The molecule has 1 unspecified atom stereocenters. The molecular formula is C26H24ClN3O2S. The van der Waals surface area contributed by atoms with Gasteiger partial charge >= 0.3 is 0 Å². The molecule has 0 aliphatic heterocycles. The lowest BCUT2D eigenvalue weighted by atomic mass is 10.1. The number of aromatic amines is 1. The summed E-state index contributed by atoms with van der Waals surface area (Å²) in [6.07, 6.45) is 0. The van der Waals surface area contributed by atoms with E-state index in [9.17, 15) is 4.79 Å². The summed E-state index contributed by atoms with van der Waals surface area (Å²) in [7, 11) is 1.55. The van der Waals surface area contributed by atoms with Gasteiger partial charge < -0.3 is 15.0 Å². The number of rotatable bonds is 7. The fourth-order valence-electron chi connectivity index (χ4n) is 3.41. The molecule has 33 heavy (non-hydrogen) atoms. The largest absolute Gasteiger partial charge is 0.495 e. The lowest BCUT2D eigenvalue weighted by Gasteiger charge is -2.14. The summed E-state index contributed by atoms with van der Waals surface area (Å²) in [6.45, 7) is 3.73. The Bertz CT molecular complexity index is 1200. The van der Waals surface area contributed by atoms with Crippen LogP contribution in [0.3, 0.4) is 0 Å². The summed E-state index contributed by atoms with van der Waals surface area (Å²) in [5.41, 5.74) is 5.27. The fraction of sp³-hybridized carbons (Fsp3) is 0.154. The molecule has 0 saturated heterocycles. The van der Waals surface area contributed by atoms with Gasteiger partial charge in [-0.1, -0.05) is 84.0 Å². The number of aryl methyl sites for hydroxylation is 1. The van der Waals surface area contributed by atoms with E-state index in [0.717, 1.165) is 28.1 Å². The van der Waals surface area contributed by atoms with Crippen molar-refractivity contribution in [1.82, 2.24) is 9.97 Å². The second kappa shape index (κ2) is 10.1. The Hall–Kier alpha value is -3.22. The molecule has 0 aliphatic rings. The summed E-state index contributed by atoms with van der Waals surface area (Å²) in [5.74, 6) is 0.367. The Labute approximate surface area is 202 Å². The molecule has 0 bridgehead atoms. The number of ether oxygens (including phenoxy) is 1. The third-order valence-electron chi connectivity index (χ3n) is 5.19. The van der Waals surface area contributed by atoms with E-state index in [4.69, 9.17) is 21.3 Å². The standard InChI is InChI=1S/C26H24ClN3O2S/c1-16-14-21(22(32-3)15-20(16)27)28-25(31)17(2)33-26-29-23(18-10-6-4-7-11-18)24(30-26)19-12-8-5-9-13-19/h4-15,17H,1-3H3,(H,28,31)(H,29,30). The number of aromatic nitrogens is 2. The molecule has 168 valence electrons. The molecule has 5 nitrogen and oxygen atoms in total.